The molecule has 0 amide bonds. The van der Waals surface area contributed by atoms with Crippen LogP contribution in [-0.4, -0.2) is 26.7 Å². The average molecular weight is 384 g/mol. The Morgan fingerprint density at radius 2 is 2.00 bits per heavy atom. The van der Waals surface area contributed by atoms with Crippen molar-refractivity contribution in [1.82, 2.24) is 19.6 Å². The highest BCUT2D eigenvalue weighted by Gasteiger charge is 2.18. The minimum absolute atomic E-state index is 0.368. The van der Waals surface area contributed by atoms with E-state index >= 15 is 0 Å². The molecule has 0 saturated heterocycles. The van der Waals surface area contributed by atoms with Gasteiger partial charge in [-0.25, -0.2) is 4.98 Å². The highest BCUT2D eigenvalue weighted by molar-refractivity contribution is 7.98. The first-order valence-electron chi connectivity index (χ1n) is 8.01. The number of fused-ring (bicyclic) bond motifs is 1. The summed E-state index contributed by atoms with van der Waals surface area (Å²) in [6, 6.07) is 14.2. The molecule has 4 rings (SSSR count). The molecular weight excluding hydrogens is 366 g/mol. The van der Waals surface area contributed by atoms with E-state index in [1.165, 1.54) is 5.56 Å². The van der Waals surface area contributed by atoms with Gasteiger partial charge in [-0.2, -0.15) is 9.50 Å². The molecule has 0 bridgehead atoms. The Morgan fingerprint density at radius 1 is 1.15 bits per heavy atom. The number of anilines is 1. The second-order valence-electron chi connectivity index (χ2n) is 5.61. The van der Waals surface area contributed by atoms with Crippen LogP contribution in [0.15, 0.2) is 53.0 Å². The van der Waals surface area contributed by atoms with Crippen molar-refractivity contribution in [3.63, 3.8) is 0 Å². The summed E-state index contributed by atoms with van der Waals surface area (Å²) in [7, 11) is 1.64. The molecule has 0 unspecified atom stereocenters. The molecule has 3 aromatic heterocycles. The fraction of sp³-hybridized carbons (Fsp3) is 0.167. The third kappa shape index (κ3) is 3.31. The number of rotatable bonds is 6. The molecule has 26 heavy (non-hydrogen) atoms. The van der Waals surface area contributed by atoms with Crippen LogP contribution in [0.1, 0.15) is 11.3 Å². The summed E-state index contributed by atoms with van der Waals surface area (Å²) < 4.78 is 6.92. The van der Waals surface area contributed by atoms with Crippen LogP contribution in [0.5, 0.6) is 0 Å². The first-order chi connectivity index (χ1) is 12.8. The highest BCUT2D eigenvalue weighted by atomic mass is 32.2. The number of nitrogen functional groups attached to an aromatic ring is 1. The smallest absolute Gasteiger partial charge is 0.255 e. The Balaban J connectivity index is 1.72. The summed E-state index contributed by atoms with van der Waals surface area (Å²) in [5.74, 6) is 1.81. The number of aromatic nitrogens is 4. The predicted octanol–water partition coefficient (Wildman–Crippen LogP) is 3.87. The molecule has 0 saturated carbocycles. The lowest BCUT2D eigenvalue weighted by atomic mass is 10.2. The molecule has 4 aromatic rings. The zero-order valence-corrected chi connectivity index (χ0v) is 15.8. The van der Waals surface area contributed by atoms with Crippen LogP contribution in [0.3, 0.4) is 0 Å². The van der Waals surface area contributed by atoms with Crippen molar-refractivity contribution in [2.24, 2.45) is 0 Å². The Bertz CT molecular complexity index is 1020. The van der Waals surface area contributed by atoms with Crippen molar-refractivity contribution in [3.05, 3.63) is 59.1 Å². The number of ether oxygens (including phenoxy) is 1. The fourth-order valence-corrected chi connectivity index (χ4v) is 4.24. The van der Waals surface area contributed by atoms with Crippen LogP contribution in [0.2, 0.25) is 0 Å². The third-order valence-electron chi connectivity index (χ3n) is 3.84. The normalized spacial score (nSPS) is 11.3. The number of thiophene rings is 1. The fourth-order valence-electron chi connectivity index (χ4n) is 2.66. The molecule has 2 N–H and O–H groups in total. The lowest BCUT2D eigenvalue weighted by Crippen LogP contribution is -2.07. The van der Waals surface area contributed by atoms with E-state index in [0.29, 0.717) is 23.4 Å². The minimum Gasteiger partial charge on any atom is -0.383 e. The summed E-state index contributed by atoms with van der Waals surface area (Å²) in [6.07, 6.45) is 0. The Hall–Kier alpha value is -2.42. The monoisotopic (exact) mass is 383 g/mol. The van der Waals surface area contributed by atoms with Gasteiger partial charge in [-0.05, 0) is 17.0 Å². The van der Waals surface area contributed by atoms with E-state index in [4.69, 9.17) is 10.5 Å². The van der Waals surface area contributed by atoms with Crippen LogP contribution < -0.4 is 5.73 Å². The van der Waals surface area contributed by atoms with Crippen LogP contribution in [0.25, 0.3) is 16.2 Å². The standard InChI is InChI=1S/C18H17N5OS2/c1-24-10-13-15(14-8-5-9-25-14)16(19)23-17(20-13)21-18(22-23)26-11-12-6-3-2-4-7-12/h2-9H,10-11,19H2,1H3. The van der Waals surface area contributed by atoms with Crippen molar-refractivity contribution >= 4 is 34.7 Å². The van der Waals surface area contributed by atoms with Gasteiger partial charge < -0.3 is 10.5 Å². The van der Waals surface area contributed by atoms with Gasteiger partial charge in [-0.3, -0.25) is 0 Å². The highest BCUT2D eigenvalue weighted by Crippen LogP contribution is 2.33. The molecule has 0 atom stereocenters. The summed E-state index contributed by atoms with van der Waals surface area (Å²) in [5.41, 5.74) is 9.27. The number of thioether (sulfide) groups is 1. The number of nitrogens with zero attached hydrogens (tertiary/aromatic N) is 4. The number of hydrogen-bond acceptors (Lipinski definition) is 7. The zero-order valence-electron chi connectivity index (χ0n) is 14.1. The van der Waals surface area contributed by atoms with Crippen molar-refractivity contribution in [1.29, 1.82) is 0 Å². The van der Waals surface area contributed by atoms with Gasteiger partial charge in [0.1, 0.15) is 5.82 Å². The molecule has 0 spiro atoms. The molecule has 0 radical (unpaired) electrons. The van der Waals surface area contributed by atoms with Crippen molar-refractivity contribution in [2.75, 3.05) is 12.8 Å². The van der Waals surface area contributed by atoms with Crippen molar-refractivity contribution in [2.45, 2.75) is 17.5 Å². The number of methoxy groups -OCH3 is 1. The van der Waals surface area contributed by atoms with Gasteiger partial charge in [-0.1, -0.05) is 48.2 Å². The third-order valence-corrected chi connectivity index (χ3v) is 5.63. The Labute approximate surface area is 159 Å². The van der Waals surface area contributed by atoms with E-state index in [2.05, 4.69) is 27.2 Å². The molecule has 8 heteroatoms. The molecule has 3 heterocycles. The van der Waals surface area contributed by atoms with Crippen LogP contribution >= 0.6 is 23.1 Å². The van der Waals surface area contributed by atoms with E-state index in [-0.39, 0.29) is 0 Å². The van der Waals surface area contributed by atoms with Gasteiger partial charge in [0.25, 0.3) is 5.78 Å². The summed E-state index contributed by atoms with van der Waals surface area (Å²) in [4.78, 5) is 10.2. The van der Waals surface area contributed by atoms with Crippen molar-refractivity contribution in [3.8, 4) is 10.4 Å². The van der Waals surface area contributed by atoms with E-state index in [0.717, 1.165) is 21.9 Å². The number of hydrogen-bond donors (Lipinski definition) is 1. The van der Waals surface area contributed by atoms with E-state index < -0.39 is 0 Å². The van der Waals surface area contributed by atoms with Gasteiger partial charge in [0.05, 0.1) is 17.9 Å². The second kappa shape index (κ2) is 7.45. The lowest BCUT2D eigenvalue weighted by molar-refractivity contribution is 0.182. The topological polar surface area (TPSA) is 78.3 Å². The van der Waals surface area contributed by atoms with Gasteiger partial charge in [0.15, 0.2) is 0 Å². The second-order valence-corrected chi connectivity index (χ2v) is 7.50. The Morgan fingerprint density at radius 3 is 2.73 bits per heavy atom. The molecule has 0 aliphatic carbocycles. The summed E-state index contributed by atoms with van der Waals surface area (Å²) in [6.45, 7) is 0.368. The summed E-state index contributed by atoms with van der Waals surface area (Å²) in [5, 5.41) is 7.21. The minimum atomic E-state index is 0.368. The van der Waals surface area contributed by atoms with Gasteiger partial charge in [0, 0.05) is 17.7 Å². The average Bonchev–Trinajstić information content (AvgIpc) is 3.31. The first-order valence-corrected chi connectivity index (χ1v) is 9.87. The molecule has 6 nitrogen and oxygen atoms in total. The van der Waals surface area contributed by atoms with Gasteiger partial charge >= 0.3 is 0 Å². The van der Waals surface area contributed by atoms with E-state index in [1.54, 1.807) is 34.7 Å². The molecule has 0 aliphatic heterocycles. The van der Waals surface area contributed by atoms with Crippen LogP contribution in [0.4, 0.5) is 5.82 Å². The van der Waals surface area contributed by atoms with Gasteiger partial charge in [-0.15, -0.1) is 16.4 Å². The zero-order chi connectivity index (χ0) is 17.9. The van der Waals surface area contributed by atoms with Crippen molar-refractivity contribution < 1.29 is 4.74 Å². The maximum atomic E-state index is 6.42. The first kappa shape index (κ1) is 17.0. The number of nitrogens with two attached hydrogens (primary N) is 1. The van der Waals surface area contributed by atoms with Gasteiger partial charge in [0.2, 0.25) is 5.16 Å². The quantitative estimate of drug-likeness (QED) is 0.509. The number of benzene rings is 1. The van der Waals surface area contributed by atoms with Crippen LogP contribution in [-0.2, 0) is 17.1 Å². The predicted molar refractivity (Wildman–Crippen MR) is 105 cm³/mol. The lowest BCUT2D eigenvalue weighted by Gasteiger charge is -2.10. The van der Waals surface area contributed by atoms with E-state index in [1.807, 2.05) is 35.7 Å². The van der Waals surface area contributed by atoms with Crippen LogP contribution in [0, 0.1) is 0 Å². The maximum Gasteiger partial charge on any atom is 0.255 e. The maximum absolute atomic E-state index is 6.42. The largest absolute Gasteiger partial charge is 0.383 e. The molecule has 0 aliphatic rings. The SMILES string of the molecule is COCc1nc2nc(SCc3ccccc3)nn2c(N)c1-c1cccs1. The molecular formula is C18H17N5OS2. The summed E-state index contributed by atoms with van der Waals surface area (Å²) >= 11 is 3.17. The molecule has 1 aromatic carbocycles. The van der Waals surface area contributed by atoms with E-state index in [9.17, 15) is 0 Å². The molecule has 132 valence electrons. The molecule has 0 fully saturated rings. The Kier molecular flexibility index (Phi) is 4.87.